The zero-order valence-corrected chi connectivity index (χ0v) is 8.84. The standard InChI is InChI=1S/C11H12F2N2O/c1-6-4-7(5-6)15-11(16)8-2-3-14-10(13)9(8)12/h2-3,6-7H,4-5H2,1H3,(H,15,16). The normalized spacial score (nSPS) is 23.7. The van der Waals surface area contributed by atoms with Gasteiger partial charge in [0.05, 0.1) is 5.56 Å². The van der Waals surface area contributed by atoms with E-state index in [0.29, 0.717) is 5.92 Å². The van der Waals surface area contributed by atoms with Crippen LogP contribution in [0.3, 0.4) is 0 Å². The summed E-state index contributed by atoms with van der Waals surface area (Å²) < 4.78 is 26.0. The average molecular weight is 226 g/mol. The Kier molecular flexibility index (Phi) is 2.85. The number of aromatic nitrogens is 1. The lowest BCUT2D eigenvalue weighted by Crippen LogP contribution is -2.43. The van der Waals surface area contributed by atoms with Crippen molar-refractivity contribution in [3.05, 3.63) is 29.6 Å². The van der Waals surface area contributed by atoms with Crippen LogP contribution in [0.4, 0.5) is 8.78 Å². The van der Waals surface area contributed by atoms with E-state index in [2.05, 4.69) is 17.2 Å². The van der Waals surface area contributed by atoms with Crippen LogP contribution in [0, 0.1) is 17.7 Å². The molecule has 1 aromatic heterocycles. The molecule has 1 fully saturated rings. The molecule has 0 unspecified atom stereocenters. The molecule has 5 heteroatoms. The van der Waals surface area contributed by atoms with Crippen molar-refractivity contribution >= 4 is 5.91 Å². The molecule has 86 valence electrons. The first-order chi connectivity index (χ1) is 7.58. The molecular weight excluding hydrogens is 214 g/mol. The van der Waals surface area contributed by atoms with E-state index in [-0.39, 0.29) is 11.6 Å². The zero-order valence-electron chi connectivity index (χ0n) is 8.84. The van der Waals surface area contributed by atoms with Gasteiger partial charge in [0.15, 0.2) is 5.82 Å². The molecule has 1 N–H and O–H groups in total. The summed E-state index contributed by atoms with van der Waals surface area (Å²) in [6.45, 7) is 2.08. The third kappa shape index (κ3) is 2.03. The number of amides is 1. The van der Waals surface area contributed by atoms with E-state index in [1.807, 2.05) is 0 Å². The predicted octanol–water partition coefficient (Wildman–Crippen LogP) is 1.89. The molecule has 1 aromatic rings. The van der Waals surface area contributed by atoms with E-state index < -0.39 is 17.7 Å². The number of pyridine rings is 1. The van der Waals surface area contributed by atoms with E-state index in [9.17, 15) is 13.6 Å². The van der Waals surface area contributed by atoms with Gasteiger partial charge in [-0.05, 0) is 24.8 Å². The van der Waals surface area contributed by atoms with Gasteiger partial charge in [-0.15, -0.1) is 0 Å². The molecule has 2 rings (SSSR count). The Morgan fingerprint density at radius 3 is 2.81 bits per heavy atom. The molecule has 1 aliphatic carbocycles. The van der Waals surface area contributed by atoms with Crippen molar-refractivity contribution in [1.29, 1.82) is 0 Å². The van der Waals surface area contributed by atoms with Crippen LogP contribution >= 0.6 is 0 Å². The Morgan fingerprint density at radius 1 is 1.50 bits per heavy atom. The third-order valence-corrected chi connectivity index (χ3v) is 2.80. The fourth-order valence-electron chi connectivity index (χ4n) is 1.88. The number of carbonyl (C=O) groups excluding carboxylic acids is 1. The van der Waals surface area contributed by atoms with Gasteiger partial charge < -0.3 is 5.32 Å². The van der Waals surface area contributed by atoms with Crippen LogP contribution in [0.1, 0.15) is 30.1 Å². The molecule has 1 aliphatic rings. The van der Waals surface area contributed by atoms with Crippen LogP contribution < -0.4 is 5.32 Å². The highest BCUT2D eigenvalue weighted by Crippen LogP contribution is 2.26. The highest BCUT2D eigenvalue weighted by Gasteiger charge is 2.28. The molecule has 0 saturated heterocycles. The molecular formula is C11H12F2N2O. The highest BCUT2D eigenvalue weighted by atomic mass is 19.2. The van der Waals surface area contributed by atoms with Crippen molar-refractivity contribution in [2.75, 3.05) is 0 Å². The number of halogens is 2. The molecule has 0 aromatic carbocycles. The van der Waals surface area contributed by atoms with Crippen LogP contribution in [-0.2, 0) is 0 Å². The van der Waals surface area contributed by atoms with Gasteiger partial charge in [-0.2, -0.15) is 4.39 Å². The van der Waals surface area contributed by atoms with Gasteiger partial charge in [0.2, 0.25) is 5.95 Å². The van der Waals surface area contributed by atoms with Crippen LogP contribution in [0.25, 0.3) is 0 Å². The van der Waals surface area contributed by atoms with E-state index in [1.165, 1.54) is 6.07 Å². The van der Waals surface area contributed by atoms with E-state index in [1.54, 1.807) is 0 Å². The lowest BCUT2D eigenvalue weighted by atomic mass is 9.82. The number of carbonyl (C=O) groups is 1. The van der Waals surface area contributed by atoms with Crippen molar-refractivity contribution in [2.45, 2.75) is 25.8 Å². The minimum atomic E-state index is -1.24. The molecule has 0 aliphatic heterocycles. The van der Waals surface area contributed by atoms with Gasteiger partial charge in [0.25, 0.3) is 5.91 Å². The maximum atomic E-state index is 13.2. The van der Waals surface area contributed by atoms with Crippen LogP contribution in [0.15, 0.2) is 12.3 Å². The summed E-state index contributed by atoms with van der Waals surface area (Å²) in [4.78, 5) is 14.7. The van der Waals surface area contributed by atoms with E-state index in [4.69, 9.17) is 0 Å². The van der Waals surface area contributed by atoms with Gasteiger partial charge in [-0.3, -0.25) is 4.79 Å². The van der Waals surface area contributed by atoms with Gasteiger partial charge >= 0.3 is 0 Å². The van der Waals surface area contributed by atoms with E-state index >= 15 is 0 Å². The van der Waals surface area contributed by atoms with Crippen molar-refractivity contribution in [3.8, 4) is 0 Å². The minimum absolute atomic E-state index is 0.0816. The van der Waals surface area contributed by atoms with Crippen LogP contribution in [0.2, 0.25) is 0 Å². The largest absolute Gasteiger partial charge is 0.349 e. The summed E-state index contributed by atoms with van der Waals surface area (Å²) in [5.74, 6) is -2.41. The SMILES string of the molecule is CC1CC(NC(=O)c2ccnc(F)c2F)C1. The number of rotatable bonds is 2. The van der Waals surface area contributed by atoms with Crippen LogP contribution in [-0.4, -0.2) is 16.9 Å². The molecule has 1 heterocycles. The number of hydrogen-bond acceptors (Lipinski definition) is 2. The molecule has 0 spiro atoms. The second-order valence-corrected chi connectivity index (χ2v) is 4.21. The topological polar surface area (TPSA) is 42.0 Å². The highest BCUT2D eigenvalue weighted by molar-refractivity contribution is 5.94. The molecule has 1 saturated carbocycles. The Balaban J connectivity index is 2.06. The molecule has 16 heavy (non-hydrogen) atoms. The minimum Gasteiger partial charge on any atom is -0.349 e. The molecule has 0 radical (unpaired) electrons. The molecule has 0 atom stereocenters. The second kappa shape index (κ2) is 4.15. The number of hydrogen-bond donors (Lipinski definition) is 1. The van der Waals surface area contributed by atoms with Crippen molar-refractivity contribution < 1.29 is 13.6 Å². The molecule has 0 bridgehead atoms. The third-order valence-electron chi connectivity index (χ3n) is 2.80. The van der Waals surface area contributed by atoms with Gasteiger partial charge in [0, 0.05) is 12.2 Å². The summed E-state index contributed by atoms with van der Waals surface area (Å²) in [5.41, 5.74) is -0.285. The van der Waals surface area contributed by atoms with Crippen LogP contribution in [0.5, 0.6) is 0 Å². The summed E-state index contributed by atoms with van der Waals surface area (Å²) in [7, 11) is 0. The first-order valence-corrected chi connectivity index (χ1v) is 5.18. The van der Waals surface area contributed by atoms with Crippen molar-refractivity contribution in [1.82, 2.24) is 10.3 Å². The van der Waals surface area contributed by atoms with Gasteiger partial charge in [-0.1, -0.05) is 6.92 Å². The Morgan fingerprint density at radius 2 is 2.19 bits per heavy atom. The fraction of sp³-hybridized carbons (Fsp3) is 0.455. The van der Waals surface area contributed by atoms with E-state index in [0.717, 1.165) is 19.0 Å². The quantitative estimate of drug-likeness (QED) is 0.782. The molecule has 3 nitrogen and oxygen atoms in total. The predicted molar refractivity (Wildman–Crippen MR) is 53.8 cm³/mol. The average Bonchev–Trinajstić information content (AvgIpc) is 2.19. The van der Waals surface area contributed by atoms with Gasteiger partial charge in [-0.25, -0.2) is 9.37 Å². The second-order valence-electron chi connectivity index (χ2n) is 4.21. The molecule has 1 amide bonds. The summed E-state index contributed by atoms with van der Waals surface area (Å²) in [5, 5.41) is 2.66. The zero-order chi connectivity index (χ0) is 11.7. The lowest BCUT2D eigenvalue weighted by molar-refractivity contribution is 0.0890. The number of nitrogens with one attached hydrogen (secondary N) is 1. The summed E-state index contributed by atoms with van der Waals surface area (Å²) in [6, 6.07) is 1.26. The maximum Gasteiger partial charge on any atom is 0.254 e. The lowest BCUT2D eigenvalue weighted by Gasteiger charge is -2.33. The first-order valence-electron chi connectivity index (χ1n) is 5.18. The maximum absolute atomic E-state index is 13.2. The Labute approximate surface area is 91.9 Å². The van der Waals surface area contributed by atoms with Gasteiger partial charge in [0.1, 0.15) is 0 Å². The Hall–Kier alpha value is -1.52. The van der Waals surface area contributed by atoms with Crippen molar-refractivity contribution in [2.24, 2.45) is 5.92 Å². The first kappa shape index (κ1) is 11.0. The fourth-order valence-corrected chi connectivity index (χ4v) is 1.88. The monoisotopic (exact) mass is 226 g/mol. The summed E-state index contributed by atoms with van der Waals surface area (Å²) >= 11 is 0. The smallest absolute Gasteiger partial charge is 0.254 e. The number of nitrogens with zero attached hydrogens (tertiary/aromatic N) is 1. The van der Waals surface area contributed by atoms with Crippen molar-refractivity contribution in [3.63, 3.8) is 0 Å². The summed E-state index contributed by atoms with van der Waals surface area (Å²) in [6.07, 6.45) is 2.86. The Bertz CT molecular complexity index is 416.